The Morgan fingerprint density at radius 3 is 2.68 bits per heavy atom. The average Bonchev–Trinajstić information content (AvgIpc) is 2.83. The van der Waals surface area contributed by atoms with Crippen molar-refractivity contribution in [2.45, 2.75) is 31.3 Å². The van der Waals surface area contributed by atoms with Crippen LogP contribution in [0.25, 0.3) is 0 Å². The summed E-state index contributed by atoms with van der Waals surface area (Å²) in [7, 11) is 0. The Labute approximate surface area is 110 Å². The highest BCUT2D eigenvalue weighted by Gasteiger charge is 2.32. The summed E-state index contributed by atoms with van der Waals surface area (Å²) in [5.41, 5.74) is -0.809. The zero-order chi connectivity index (χ0) is 13.9. The van der Waals surface area contributed by atoms with Crippen LogP contribution in [0.1, 0.15) is 36.0 Å². The van der Waals surface area contributed by atoms with Crippen LogP contribution in [0.2, 0.25) is 0 Å². The lowest BCUT2D eigenvalue weighted by Gasteiger charge is -2.22. The van der Waals surface area contributed by atoms with E-state index in [0.717, 1.165) is 12.8 Å². The summed E-state index contributed by atoms with van der Waals surface area (Å²) in [6.45, 7) is 0.0101. The highest BCUT2D eigenvalue weighted by atomic mass is 16.6. The zero-order valence-electron chi connectivity index (χ0n) is 10.4. The van der Waals surface area contributed by atoms with Crippen LogP contribution in [-0.4, -0.2) is 28.5 Å². The topological polar surface area (TPSA) is 89.7 Å². The van der Waals surface area contributed by atoms with Gasteiger partial charge in [0.15, 0.2) is 5.75 Å². The van der Waals surface area contributed by atoms with E-state index in [0.29, 0.717) is 24.7 Å². The SMILES string of the molecule is O=Cc1ccc([N+](=O)[O-])c(OCC2(O)CCCC2)c1. The molecule has 102 valence electrons. The van der Waals surface area contributed by atoms with Gasteiger partial charge in [0.05, 0.1) is 10.5 Å². The lowest BCUT2D eigenvalue weighted by Crippen LogP contribution is -2.32. The molecule has 0 aliphatic heterocycles. The molecule has 0 radical (unpaired) electrons. The molecule has 1 saturated carbocycles. The van der Waals surface area contributed by atoms with Crippen LogP contribution in [0, 0.1) is 10.1 Å². The van der Waals surface area contributed by atoms with Crippen LogP contribution < -0.4 is 4.74 Å². The molecule has 1 aliphatic rings. The average molecular weight is 265 g/mol. The van der Waals surface area contributed by atoms with Gasteiger partial charge in [0, 0.05) is 11.6 Å². The quantitative estimate of drug-likeness (QED) is 0.500. The number of nitro benzene ring substituents is 1. The maximum absolute atomic E-state index is 10.9. The van der Waals surface area contributed by atoms with Crippen LogP contribution >= 0.6 is 0 Å². The van der Waals surface area contributed by atoms with Crippen LogP contribution in [0.4, 0.5) is 5.69 Å². The van der Waals surface area contributed by atoms with Crippen LogP contribution in [-0.2, 0) is 0 Å². The smallest absolute Gasteiger partial charge is 0.310 e. The largest absolute Gasteiger partial charge is 0.484 e. The summed E-state index contributed by atoms with van der Waals surface area (Å²) in [5, 5.41) is 21.0. The molecule has 6 heteroatoms. The van der Waals surface area contributed by atoms with E-state index in [-0.39, 0.29) is 18.0 Å². The van der Waals surface area contributed by atoms with E-state index < -0.39 is 10.5 Å². The first-order valence-electron chi connectivity index (χ1n) is 6.13. The molecule has 1 aliphatic carbocycles. The van der Waals surface area contributed by atoms with Gasteiger partial charge in [-0.25, -0.2) is 0 Å². The lowest BCUT2D eigenvalue weighted by atomic mass is 10.0. The Morgan fingerprint density at radius 1 is 1.42 bits per heavy atom. The maximum atomic E-state index is 10.9. The number of rotatable bonds is 5. The number of aldehydes is 1. The van der Waals surface area contributed by atoms with Crippen molar-refractivity contribution in [2.24, 2.45) is 0 Å². The van der Waals surface area contributed by atoms with Crippen molar-refractivity contribution in [1.82, 2.24) is 0 Å². The fourth-order valence-corrected chi connectivity index (χ4v) is 2.26. The minimum atomic E-state index is -0.912. The van der Waals surface area contributed by atoms with Crippen molar-refractivity contribution in [3.05, 3.63) is 33.9 Å². The fourth-order valence-electron chi connectivity index (χ4n) is 2.26. The molecular formula is C13H15NO5. The Balaban J connectivity index is 2.17. The minimum absolute atomic E-state index is 0.0101. The van der Waals surface area contributed by atoms with Gasteiger partial charge in [-0.15, -0.1) is 0 Å². The molecule has 6 nitrogen and oxygen atoms in total. The molecule has 0 atom stereocenters. The zero-order valence-corrected chi connectivity index (χ0v) is 10.4. The number of carbonyl (C=O) groups is 1. The number of nitro groups is 1. The lowest BCUT2D eigenvalue weighted by molar-refractivity contribution is -0.386. The van der Waals surface area contributed by atoms with Gasteiger partial charge < -0.3 is 9.84 Å². The summed E-state index contributed by atoms with van der Waals surface area (Å²) in [6.07, 6.45) is 3.72. The van der Waals surface area contributed by atoms with Crippen LogP contribution in [0.3, 0.4) is 0 Å². The number of ether oxygens (including phenoxy) is 1. The van der Waals surface area contributed by atoms with E-state index in [9.17, 15) is 20.0 Å². The highest BCUT2D eigenvalue weighted by molar-refractivity contribution is 5.76. The molecule has 0 unspecified atom stereocenters. The molecule has 0 saturated heterocycles. The normalized spacial score (nSPS) is 17.1. The van der Waals surface area contributed by atoms with Gasteiger partial charge in [0.1, 0.15) is 12.9 Å². The van der Waals surface area contributed by atoms with Crippen molar-refractivity contribution in [3.8, 4) is 5.75 Å². The van der Waals surface area contributed by atoms with Crippen molar-refractivity contribution >= 4 is 12.0 Å². The number of carbonyl (C=O) groups excluding carboxylic acids is 1. The predicted molar refractivity (Wildman–Crippen MR) is 67.4 cm³/mol. The van der Waals surface area contributed by atoms with Gasteiger partial charge in [-0.3, -0.25) is 14.9 Å². The first kappa shape index (κ1) is 13.5. The third-order valence-corrected chi connectivity index (χ3v) is 3.35. The van der Waals surface area contributed by atoms with E-state index >= 15 is 0 Å². The molecule has 0 spiro atoms. The second-order valence-corrected chi connectivity index (χ2v) is 4.82. The van der Waals surface area contributed by atoms with Crippen molar-refractivity contribution in [3.63, 3.8) is 0 Å². The van der Waals surface area contributed by atoms with E-state index in [1.165, 1.54) is 18.2 Å². The van der Waals surface area contributed by atoms with Gasteiger partial charge >= 0.3 is 5.69 Å². The second kappa shape index (κ2) is 5.36. The predicted octanol–water partition coefficient (Wildman–Crippen LogP) is 2.09. The number of aliphatic hydroxyl groups is 1. The maximum Gasteiger partial charge on any atom is 0.310 e. The van der Waals surface area contributed by atoms with Crippen LogP contribution in [0.15, 0.2) is 18.2 Å². The molecule has 0 aromatic heterocycles. The van der Waals surface area contributed by atoms with Gasteiger partial charge in [0.25, 0.3) is 0 Å². The Morgan fingerprint density at radius 2 is 2.11 bits per heavy atom. The summed E-state index contributed by atoms with van der Waals surface area (Å²) in [4.78, 5) is 21.0. The molecule has 2 rings (SSSR count). The van der Waals surface area contributed by atoms with Crippen molar-refractivity contribution in [1.29, 1.82) is 0 Å². The first-order chi connectivity index (χ1) is 9.04. The Kier molecular flexibility index (Phi) is 3.80. The van der Waals surface area contributed by atoms with Gasteiger partial charge in [0.2, 0.25) is 0 Å². The van der Waals surface area contributed by atoms with E-state index in [1.807, 2.05) is 0 Å². The number of hydrogen-bond donors (Lipinski definition) is 1. The van der Waals surface area contributed by atoms with Gasteiger partial charge in [-0.2, -0.15) is 0 Å². The number of benzene rings is 1. The van der Waals surface area contributed by atoms with Crippen molar-refractivity contribution < 1.29 is 19.6 Å². The molecule has 1 aromatic carbocycles. The van der Waals surface area contributed by atoms with Crippen LogP contribution in [0.5, 0.6) is 5.75 Å². The van der Waals surface area contributed by atoms with E-state index in [1.54, 1.807) is 0 Å². The molecule has 1 fully saturated rings. The third-order valence-electron chi connectivity index (χ3n) is 3.35. The fraction of sp³-hybridized carbons (Fsp3) is 0.462. The summed E-state index contributed by atoms with van der Waals surface area (Å²) < 4.78 is 5.38. The Bertz CT molecular complexity index is 494. The third kappa shape index (κ3) is 3.08. The molecule has 0 heterocycles. The Hall–Kier alpha value is -1.95. The summed E-state index contributed by atoms with van der Waals surface area (Å²) in [6, 6.07) is 3.92. The van der Waals surface area contributed by atoms with Gasteiger partial charge in [-0.1, -0.05) is 12.8 Å². The molecule has 1 N–H and O–H groups in total. The molecule has 19 heavy (non-hydrogen) atoms. The highest BCUT2D eigenvalue weighted by Crippen LogP contribution is 2.33. The summed E-state index contributed by atoms with van der Waals surface area (Å²) in [5.74, 6) is 0.0231. The minimum Gasteiger partial charge on any atom is -0.484 e. The van der Waals surface area contributed by atoms with E-state index in [2.05, 4.69) is 0 Å². The monoisotopic (exact) mass is 265 g/mol. The molecular weight excluding hydrogens is 250 g/mol. The summed E-state index contributed by atoms with van der Waals surface area (Å²) >= 11 is 0. The van der Waals surface area contributed by atoms with Gasteiger partial charge in [-0.05, 0) is 25.0 Å². The number of nitrogens with zero attached hydrogens (tertiary/aromatic N) is 1. The standard InChI is InChI=1S/C13H15NO5/c15-8-10-3-4-11(14(17)18)12(7-10)19-9-13(16)5-1-2-6-13/h3-4,7-8,16H,1-2,5-6,9H2. The first-order valence-corrected chi connectivity index (χ1v) is 6.13. The van der Waals surface area contributed by atoms with E-state index in [4.69, 9.17) is 4.74 Å². The number of hydrogen-bond acceptors (Lipinski definition) is 5. The second-order valence-electron chi connectivity index (χ2n) is 4.82. The molecule has 0 bridgehead atoms. The van der Waals surface area contributed by atoms with Crippen molar-refractivity contribution in [2.75, 3.05) is 6.61 Å². The molecule has 0 amide bonds. The molecule has 1 aromatic rings.